The van der Waals surface area contributed by atoms with E-state index in [1.54, 1.807) is 31.4 Å². The average Bonchev–Trinajstić information content (AvgIpc) is 2.76. The highest BCUT2D eigenvalue weighted by Crippen LogP contribution is 2.29. The molecule has 18 heavy (non-hydrogen) atoms. The van der Waals surface area contributed by atoms with E-state index in [1.165, 1.54) is 11.3 Å². The first kappa shape index (κ1) is 13.4. The van der Waals surface area contributed by atoms with Crippen LogP contribution < -0.4 is 10.1 Å². The summed E-state index contributed by atoms with van der Waals surface area (Å²) in [6.07, 6.45) is 0. The first-order valence-electron chi connectivity index (χ1n) is 5.00. The fourth-order valence-electron chi connectivity index (χ4n) is 1.40. The van der Waals surface area contributed by atoms with Crippen LogP contribution in [0.15, 0.2) is 34.8 Å². The van der Waals surface area contributed by atoms with Gasteiger partial charge < -0.3 is 10.1 Å². The number of halogens is 2. The van der Waals surface area contributed by atoms with Crippen molar-refractivity contribution in [2.24, 2.45) is 0 Å². The molecule has 0 saturated heterocycles. The van der Waals surface area contributed by atoms with Crippen LogP contribution >= 0.6 is 38.9 Å². The molecule has 6 heteroatoms. The number of hydrogen-bond acceptors (Lipinski definition) is 3. The predicted octanol–water partition coefficient (Wildman–Crippen LogP) is 4.42. The molecule has 1 amide bonds. The van der Waals surface area contributed by atoms with Crippen LogP contribution in [0.3, 0.4) is 0 Å². The summed E-state index contributed by atoms with van der Waals surface area (Å²) < 4.78 is 6.63. The zero-order valence-electron chi connectivity index (χ0n) is 9.37. The van der Waals surface area contributed by atoms with Gasteiger partial charge in [-0.05, 0) is 30.3 Å². The second-order valence-corrected chi connectivity index (χ2v) is 6.03. The SMILES string of the molecule is COc1ccc(Br)cc1NC(=O)c1ccc(Cl)s1. The lowest BCUT2D eigenvalue weighted by molar-refractivity contribution is 0.103. The molecule has 0 atom stereocenters. The highest BCUT2D eigenvalue weighted by molar-refractivity contribution is 9.10. The topological polar surface area (TPSA) is 38.3 Å². The van der Waals surface area contributed by atoms with E-state index in [1.807, 2.05) is 6.07 Å². The summed E-state index contributed by atoms with van der Waals surface area (Å²) in [5.74, 6) is 0.400. The summed E-state index contributed by atoms with van der Waals surface area (Å²) >= 11 is 10.4. The minimum absolute atomic E-state index is 0.205. The lowest BCUT2D eigenvalue weighted by Gasteiger charge is -2.09. The zero-order valence-corrected chi connectivity index (χ0v) is 12.5. The maximum atomic E-state index is 12.0. The molecule has 94 valence electrons. The minimum Gasteiger partial charge on any atom is -0.495 e. The van der Waals surface area contributed by atoms with E-state index in [2.05, 4.69) is 21.2 Å². The Morgan fingerprint density at radius 2 is 2.17 bits per heavy atom. The Labute approximate surface area is 122 Å². The molecule has 1 heterocycles. The second-order valence-electron chi connectivity index (χ2n) is 3.40. The van der Waals surface area contributed by atoms with Gasteiger partial charge in [0, 0.05) is 4.47 Å². The van der Waals surface area contributed by atoms with Gasteiger partial charge in [-0.3, -0.25) is 4.79 Å². The van der Waals surface area contributed by atoms with E-state index < -0.39 is 0 Å². The molecule has 0 aliphatic heterocycles. The van der Waals surface area contributed by atoms with Crippen molar-refractivity contribution in [3.05, 3.63) is 44.0 Å². The minimum atomic E-state index is -0.205. The highest BCUT2D eigenvalue weighted by Gasteiger charge is 2.12. The number of carbonyl (C=O) groups excluding carboxylic acids is 1. The van der Waals surface area contributed by atoms with Crippen LogP contribution in [0, 0.1) is 0 Å². The summed E-state index contributed by atoms with van der Waals surface area (Å²) in [7, 11) is 1.56. The number of nitrogens with one attached hydrogen (secondary N) is 1. The summed E-state index contributed by atoms with van der Waals surface area (Å²) in [5.41, 5.74) is 0.612. The maximum Gasteiger partial charge on any atom is 0.265 e. The lowest BCUT2D eigenvalue weighted by Crippen LogP contribution is -2.11. The van der Waals surface area contributed by atoms with Crippen molar-refractivity contribution in [1.82, 2.24) is 0 Å². The third kappa shape index (κ3) is 3.04. The fourth-order valence-corrected chi connectivity index (χ4v) is 2.70. The number of anilines is 1. The van der Waals surface area contributed by atoms with Crippen molar-refractivity contribution in [1.29, 1.82) is 0 Å². The molecule has 1 N–H and O–H groups in total. The molecular formula is C12H9BrClNO2S. The molecule has 3 nitrogen and oxygen atoms in total. The van der Waals surface area contributed by atoms with Crippen LogP contribution in [-0.2, 0) is 0 Å². The summed E-state index contributed by atoms with van der Waals surface area (Å²) in [5, 5.41) is 2.79. The van der Waals surface area contributed by atoms with Gasteiger partial charge in [0.2, 0.25) is 0 Å². The molecule has 0 aliphatic carbocycles. The molecule has 0 aliphatic rings. The largest absolute Gasteiger partial charge is 0.495 e. The number of amides is 1. The number of benzene rings is 1. The van der Waals surface area contributed by atoms with Crippen LogP contribution in [-0.4, -0.2) is 13.0 Å². The van der Waals surface area contributed by atoms with Crippen molar-refractivity contribution in [2.75, 3.05) is 12.4 Å². The molecule has 2 rings (SSSR count). The molecule has 2 aromatic rings. The van der Waals surface area contributed by atoms with Gasteiger partial charge in [-0.1, -0.05) is 27.5 Å². The van der Waals surface area contributed by atoms with Crippen LogP contribution in [0.5, 0.6) is 5.75 Å². The molecular weight excluding hydrogens is 338 g/mol. The van der Waals surface area contributed by atoms with Crippen molar-refractivity contribution < 1.29 is 9.53 Å². The maximum absolute atomic E-state index is 12.0. The molecule has 1 aromatic carbocycles. The molecule has 0 unspecified atom stereocenters. The van der Waals surface area contributed by atoms with Gasteiger partial charge in [-0.25, -0.2) is 0 Å². The standard InChI is InChI=1S/C12H9BrClNO2S/c1-17-9-3-2-7(13)6-8(9)15-12(16)10-4-5-11(14)18-10/h2-6H,1H3,(H,15,16). The van der Waals surface area contributed by atoms with E-state index in [0.717, 1.165) is 4.47 Å². The molecule has 0 saturated carbocycles. The Morgan fingerprint density at radius 1 is 1.39 bits per heavy atom. The van der Waals surface area contributed by atoms with Crippen molar-refractivity contribution >= 4 is 50.5 Å². The number of carbonyl (C=O) groups is 1. The Bertz CT molecular complexity index is 585. The Balaban J connectivity index is 2.23. The number of hydrogen-bond donors (Lipinski definition) is 1. The van der Waals surface area contributed by atoms with E-state index in [0.29, 0.717) is 20.7 Å². The summed E-state index contributed by atoms with van der Waals surface area (Å²) in [6, 6.07) is 8.79. The zero-order chi connectivity index (χ0) is 13.1. The fraction of sp³-hybridized carbons (Fsp3) is 0.0833. The smallest absolute Gasteiger partial charge is 0.265 e. The van der Waals surface area contributed by atoms with Gasteiger partial charge in [0.1, 0.15) is 5.75 Å². The normalized spacial score (nSPS) is 10.2. The third-order valence-corrected chi connectivity index (χ3v) is 3.93. The van der Waals surface area contributed by atoms with Gasteiger partial charge in [0.05, 0.1) is 22.0 Å². The number of methoxy groups -OCH3 is 1. The summed E-state index contributed by atoms with van der Waals surface area (Å²) in [6.45, 7) is 0. The van der Waals surface area contributed by atoms with Crippen molar-refractivity contribution in [2.45, 2.75) is 0 Å². The number of thiophene rings is 1. The van der Waals surface area contributed by atoms with Crippen molar-refractivity contribution in [3.63, 3.8) is 0 Å². The van der Waals surface area contributed by atoms with E-state index in [9.17, 15) is 4.79 Å². The van der Waals surface area contributed by atoms with E-state index >= 15 is 0 Å². The number of rotatable bonds is 3. The quantitative estimate of drug-likeness (QED) is 0.893. The first-order chi connectivity index (χ1) is 8.60. The van der Waals surface area contributed by atoms with Crippen LogP contribution in [0.4, 0.5) is 5.69 Å². The monoisotopic (exact) mass is 345 g/mol. The predicted molar refractivity (Wildman–Crippen MR) is 78.0 cm³/mol. The molecule has 1 aromatic heterocycles. The lowest BCUT2D eigenvalue weighted by atomic mass is 10.3. The van der Waals surface area contributed by atoms with Crippen LogP contribution in [0.25, 0.3) is 0 Å². The Morgan fingerprint density at radius 3 is 2.78 bits per heavy atom. The first-order valence-corrected chi connectivity index (χ1v) is 6.99. The molecule has 0 bridgehead atoms. The summed E-state index contributed by atoms with van der Waals surface area (Å²) in [4.78, 5) is 12.5. The van der Waals surface area contributed by atoms with Crippen LogP contribution in [0.2, 0.25) is 4.34 Å². The third-order valence-electron chi connectivity index (χ3n) is 2.21. The van der Waals surface area contributed by atoms with Gasteiger partial charge in [0.25, 0.3) is 5.91 Å². The van der Waals surface area contributed by atoms with Gasteiger partial charge >= 0.3 is 0 Å². The Kier molecular flexibility index (Phi) is 4.27. The number of ether oxygens (including phenoxy) is 1. The van der Waals surface area contributed by atoms with Gasteiger partial charge in [-0.15, -0.1) is 11.3 Å². The Hall–Kier alpha value is -1.04. The average molecular weight is 347 g/mol. The van der Waals surface area contributed by atoms with Gasteiger partial charge in [-0.2, -0.15) is 0 Å². The highest BCUT2D eigenvalue weighted by atomic mass is 79.9. The van der Waals surface area contributed by atoms with E-state index in [4.69, 9.17) is 16.3 Å². The van der Waals surface area contributed by atoms with Crippen LogP contribution in [0.1, 0.15) is 9.67 Å². The molecule has 0 spiro atoms. The second kappa shape index (κ2) is 5.73. The van der Waals surface area contributed by atoms with Crippen molar-refractivity contribution in [3.8, 4) is 5.75 Å². The molecule has 0 fully saturated rings. The van der Waals surface area contributed by atoms with E-state index in [-0.39, 0.29) is 5.91 Å². The van der Waals surface area contributed by atoms with Gasteiger partial charge in [0.15, 0.2) is 0 Å². The molecule has 0 radical (unpaired) electrons.